The van der Waals surface area contributed by atoms with Crippen LogP contribution in [-0.2, 0) is 11.3 Å². The summed E-state index contributed by atoms with van der Waals surface area (Å²) in [4.78, 5) is 24.2. The summed E-state index contributed by atoms with van der Waals surface area (Å²) in [5, 5.41) is 9.36. The van der Waals surface area contributed by atoms with Gasteiger partial charge in [0.2, 0.25) is 5.91 Å². The lowest BCUT2D eigenvalue weighted by atomic mass is 10.2. The number of hydrogen-bond donors (Lipinski definition) is 2. The van der Waals surface area contributed by atoms with Crippen LogP contribution in [0.5, 0.6) is 0 Å². The van der Waals surface area contributed by atoms with Crippen molar-refractivity contribution in [3.8, 4) is 11.6 Å². The molecule has 8 nitrogen and oxygen atoms in total. The molecule has 0 saturated carbocycles. The van der Waals surface area contributed by atoms with Crippen molar-refractivity contribution >= 4 is 46.8 Å². The lowest BCUT2D eigenvalue weighted by Crippen LogP contribution is -2.42. The van der Waals surface area contributed by atoms with Crippen molar-refractivity contribution in [2.24, 2.45) is 0 Å². The van der Waals surface area contributed by atoms with Crippen molar-refractivity contribution in [2.75, 3.05) is 5.75 Å². The highest BCUT2D eigenvalue weighted by Crippen LogP contribution is 2.24. The molecule has 28 heavy (non-hydrogen) atoms. The van der Waals surface area contributed by atoms with Crippen LogP contribution in [0.4, 0.5) is 0 Å². The number of nitrogens with zero attached hydrogens (tertiary/aromatic N) is 3. The average molecular weight is 440 g/mol. The zero-order valence-electron chi connectivity index (χ0n) is 14.6. The van der Waals surface area contributed by atoms with E-state index in [1.165, 1.54) is 23.9 Å². The van der Waals surface area contributed by atoms with E-state index >= 15 is 0 Å². The Morgan fingerprint density at radius 2 is 2.04 bits per heavy atom. The van der Waals surface area contributed by atoms with Crippen LogP contribution in [0.3, 0.4) is 0 Å². The number of halogens is 2. The molecular formula is C17H15Cl2N5O3S. The Morgan fingerprint density at radius 3 is 2.75 bits per heavy atom. The first-order chi connectivity index (χ1) is 13.5. The number of amides is 2. The number of carbonyl (C=O) groups excluding carboxylic acids is 2. The molecule has 0 aliphatic rings. The second-order valence-electron chi connectivity index (χ2n) is 5.44. The van der Waals surface area contributed by atoms with Crippen LogP contribution in [0, 0.1) is 0 Å². The molecule has 0 spiro atoms. The van der Waals surface area contributed by atoms with Gasteiger partial charge in [-0.25, -0.2) is 0 Å². The first kappa shape index (κ1) is 20.2. The van der Waals surface area contributed by atoms with E-state index in [4.69, 9.17) is 27.6 Å². The molecule has 0 fully saturated rings. The standard InChI is InChI=1S/C17H15Cl2N5O3S/c1-2-24-15(13-4-3-7-27-13)21-23-17(24)28-9-14(25)20-22-16(26)11-8-10(18)5-6-12(11)19/h3-8H,2,9H2,1H3,(H,20,25)(H,22,26). The van der Waals surface area contributed by atoms with Crippen LogP contribution < -0.4 is 10.9 Å². The van der Waals surface area contributed by atoms with Crippen molar-refractivity contribution in [1.82, 2.24) is 25.6 Å². The van der Waals surface area contributed by atoms with E-state index in [9.17, 15) is 9.59 Å². The van der Waals surface area contributed by atoms with E-state index in [0.29, 0.717) is 28.3 Å². The molecular weight excluding hydrogens is 425 g/mol. The number of nitrogens with one attached hydrogen (secondary N) is 2. The Kier molecular flexibility index (Phi) is 6.61. The van der Waals surface area contributed by atoms with Crippen molar-refractivity contribution in [1.29, 1.82) is 0 Å². The highest BCUT2D eigenvalue weighted by Gasteiger charge is 2.17. The minimum absolute atomic E-state index is 0.0276. The Labute approximate surface area is 174 Å². The van der Waals surface area contributed by atoms with E-state index in [1.807, 2.05) is 11.5 Å². The first-order valence-electron chi connectivity index (χ1n) is 8.13. The molecule has 1 aromatic carbocycles. The average Bonchev–Trinajstić information content (AvgIpc) is 3.35. The maximum absolute atomic E-state index is 12.1. The SMILES string of the molecule is CCn1c(SCC(=O)NNC(=O)c2cc(Cl)ccc2Cl)nnc1-c1ccco1. The van der Waals surface area contributed by atoms with Gasteiger partial charge in [-0.3, -0.25) is 25.0 Å². The smallest absolute Gasteiger partial charge is 0.271 e. The van der Waals surface area contributed by atoms with Gasteiger partial charge in [0, 0.05) is 11.6 Å². The largest absolute Gasteiger partial charge is 0.461 e. The van der Waals surface area contributed by atoms with Gasteiger partial charge in [-0.2, -0.15) is 0 Å². The fourth-order valence-corrected chi connectivity index (χ4v) is 3.48. The minimum atomic E-state index is -0.567. The summed E-state index contributed by atoms with van der Waals surface area (Å²) in [6, 6.07) is 8.04. The summed E-state index contributed by atoms with van der Waals surface area (Å²) in [5.41, 5.74) is 4.80. The number of hydrazine groups is 1. The van der Waals surface area contributed by atoms with Crippen LogP contribution in [0.2, 0.25) is 10.0 Å². The van der Waals surface area contributed by atoms with Gasteiger partial charge in [-0.1, -0.05) is 35.0 Å². The van der Waals surface area contributed by atoms with Crippen LogP contribution in [0.25, 0.3) is 11.6 Å². The monoisotopic (exact) mass is 439 g/mol. The normalized spacial score (nSPS) is 10.7. The van der Waals surface area contributed by atoms with Gasteiger partial charge in [0.05, 0.1) is 22.6 Å². The molecule has 2 N–H and O–H groups in total. The van der Waals surface area contributed by atoms with Crippen molar-refractivity contribution in [3.05, 3.63) is 52.2 Å². The molecule has 11 heteroatoms. The Bertz CT molecular complexity index is 991. The number of furan rings is 1. The number of rotatable bonds is 6. The number of benzene rings is 1. The molecule has 0 radical (unpaired) electrons. The van der Waals surface area contributed by atoms with E-state index in [0.717, 1.165) is 0 Å². The molecule has 146 valence electrons. The number of hydrogen-bond acceptors (Lipinski definition) is 6. The number of aromatic nitrogens is 3. The van der Waals surface area contributed by atoms with Crippen molar-refractivity contribution in [3.63, 3.8) is 0 Å². The third-order valence-corrected chi connectivity index (χ3v) is 5.13. The van der Waals surface area contributed by atoms with Gasteiger partial charge in [0.15, 0.2) is 16.7 Å². The topological polar surface area (TPSA) is 102 Å². The Balaban J connectivity index is 1.56. The van der Waals surface area contributed by atoms with Crippen molar-refractivity contribution < 1.29 is 14.0 Å². The number of thioether (sulfide) groups is 1. The van der Waals surface area contributed by atoms with Gasteiger partial charge in [-0.05, 0) is 37.3 Å². The molecule has 0 unspecified atom stereocenters. The molecule has 0 atom stereocenters. The zero-order valence-corrected chi connectivity index (χ0v) is 16.9. The van der Waals surface area contributed by atoms with E-state index < -0.39 is 11.8 Å². The minimum Gasteiger partial charge on any atom is -0.461 e. The second-order valence-corrected chi connectivity index (χ2v) is 7.23. The molecule has 3 aromatic rings. The van der Waals surface area contributed by atoms with Gasteiger partial charge < -0.3 is 4.42 Å². The predicted octanol–water partition coefficient (Wildman–Crippen LogP) is 3.42. The highest BCUT2D eigenvalue weighted by molar-refractivity contribution is 7.99. The van der Waals surface area contributed by atoms with Crippen molar-refractivity contribution in [2.45, 2.75) is 18.6 Å². The Morgan fingerprint density at radius 1 is 1.21 bits per heavy atom. The lowest BCUT2D eigenvalue weighted by Gasteiger charge is -2.09. The van der Waals surface area contributed by atoms with Gasteiger partial charge in [0.25, 0.3) is 5.91 Å². The summed E-state index contributed by atoms with van der Waals surface area (Å²) in [6.45, 7) is 2.55. The third-order valence-electron chi connectivity index (χ3n) is 3.60. The van der Waals surface area contributed by atoms with E-state index in [1.54, 1.807) is 24.5 Å². The molecule has 0 saturated heterocycles. The van der Waals surface area contributed by atoms with Crippen LogP contribution >= 0.6 is 35.0 Å². The molecule has 2 aromatic heterocycles. The zero-order chi connectivity index (χ0) is 20.1. The number of carbonyl (C=O) groups is 2. The lowest BCUT2D eigenvalue weighted by molar-refractivity contribution is -0.119. The highest BCUT2D eigenvalue weighted by atomic mass is 35.5. The van der Waals surface area contributed by atoms with Crippen LogP contribution in [0.1, 0.15) is 17.3 Å². The third kappa shape index (κ3) is 4.67. The predicted molar refractivity (Wildman–Crippen MR) is 106 cm³/mol. The first-order valence-corrected chi connectivity index (χ1v) is 9.88. The molecule has 0 bridgehead atoms. The molecule has 2 amide bonds. The second kappa shape index (κ2) is 9.13. The summed E-state index contributed by atoms with van der Waals surface area (Å²) in [6.07, 6.45) is 1.55. The van der Waals surface area contributed by atoms with Crippen LogP contribution in [-0.4, -0.2) is 32.3 Å². The molecule has 0 aliphatic heterocycles. The molecule has 0 aliphatic carbocycles. The van der Waals surface area contributed by atoms with E-state index in [-0.39, 0.29) is 16.3 Å². The molecule has 2 heterocycles. The van der Waals surface area contributed by atoms with Gasteiger partial charge in [-0.15, -0.1) is 10.2 Å². The quantitative estimate of drug-likeness (QED) is 0.450. The maximum atomic E-state index is 12.1. The summed E-state index contributed by atoms with van der Waals surface area (Å²) >= 11 is 13.0. The maximum Gasteiger partial charge on any atom is 0.271 e. The Hall–Kier alpha value is -2.49. The van der Waals surface area contributed by atoms with Gasteiger partial charge in [0.1, 0.15) is 0 Å². The van der Waals surface area contributed by atoms with Gasteiger partial charge >= 0.3 is 0 Å². The summed E-state index contributed by atoms with van der Waals surface area (Å²) in [5.74, 6) is 0.222. The molecule has 3 rings (SSSR count). The fraction of sp³-hybridized carbons (Fsp3) is 0.176. The van der Waals surface area contributed by atoms with Crippen LogP contribution in [0.15, 0.2) is 46.2 Å². The summed E-state index contributed by atoms with van der Waals surface area (Å²) < 4.78 is 7.18. The fourth-order valence-electron chi connectivity index (χ4n) is 2.30. The van der Waals surface area contributed by atoms with E-state index in [2.05, 4.69) is 21.0 Å². The summed E-state index contributed by atoms with van der Waals surface area (Å²) in [7, 11) is 0.